The van der Waals surface area contributed by atoms with E-state index in [2.05, 4.69) is 24.8 Å². The zero-order valence-electron chi connectivity index (χ0n) is 11.8. The molecule has 0 aliphatic carbocycles. The van der Waals surface area contributed by atoms with Crippen molar-refractivity contribution >= 4 is 0 Å². The third kappa shape index (κ3) is 3.15. The maximum atomic E-state index is 9.42. The van der Waals surface area contributed by atoms with Crippen molar-refractivity contribution in [1.29, 1.82) is 5.26 Å². The zero-order valence-corrected chi connectivity index (χ0v) is 11.8. The van der Waals surface area contributed by atoms with E-state index in [4.69, 9.17) is 5.73 Å². The van der Waals surface area contributed by atoms with E-state index in [-0.39, 0.29) is 0 Å². The smallest absolute Gasteiger partial charge is 0.131 e. The zero-order chi connectivity index (χ0) is 13.9. The lowest BCUT2D eigenvalue weighted by Gasteiger charge is -2.25. The van der Waals surface area contributed by atoms with Gasteiger partial charge in [0.05, 0.1) is 6.07 Å². The fraction of sp³-hybridized carbons (Fsp3) is 0.562. The number of benzene rings is 1. The predicted octanol–water partition coefficient (Wildman–Crippen LogP) is 2.34. The maximum absolute atomic E-state index is 9.42. The molecule has 1 aromatic carbocycles. The maximum Gasteiger partial charge on any atom is 0.131 e. The standard InChI is InChI=1S/C16H23N3/c1-13-10-19(11-14(13)2)9-8-16(18,12-17)15-6-4-3-5-7-15/h3-7,13-14H,8-11,18H2,1-2H3. The number of nitriles is 1. The number of hydrogen-bond acceptors (Lipinski definition) is 3. The van der Waals surface area contributed by atoms with Crippen LogP contribution in [0, 0.1) is 23.2 Å². The molecule has 1 aliphatic rings. The van der Waals surface area contributed by atoms with Gasteiger partial charge in [-0.2, -0.15) is 5.26 Å². The fourth-order valence-corrected chi connectivity index (χ4v) is 2.77. The van der Waals surface area contributed by atoms with Gasteiger partial charge in [-0.3, -0.25) is 0 Å². The molecule has 3 nitrogen and oxygen atoms in total. The Morgan fingerprint density at radius 2 is 1.84 bits per heavy atom. The highest BCUT2D eigenvalue weighted by Crippen LogP contribution is 2.26. The molecule has 1 fully saturated rings. The van der Waals surface area contributed by atoms with Crippen LogP contribution in [0.3, 0.4) is 0 Å². The molecular weight excluding hydrogens is 234 g/mol. The molecule has 0 amide bonds. The first-order valence-corrected chi connectivity index (χ1v) is 7.03. The van der Waals surface area contributed by atoms with Crippen molar-refractivity contribution in [2.45, 2.75) is 25.8 Å². The molecule has 2 rings (SSSR count). The minimum atomic E-state index is -0.865. The summed E-state index contributed by atoms with van der Waals surface area (Å²) in [6.45, 7) is 7.73. The number of likely N-dealkylation sites (tertiary alicyclic amines) is 1. The van der Waals surface area contributed by atoms with Gasteiger partial charge >= 0.3 is 0 Å². The van der Waals surface area contributed by atoms with Gasteiger partial charge in [-0.05, 0) is 23.8 Å². The van der Waals surface area contributed by atoms with Crippen LogP contribution in [0.2, 0.25) is 0 Å². The summed E-state index contributed by atoms with van der Waals surface area (Å²) in [5.41, 5.74) is 6.33. The van der Waals surface area contributed by atoms with E-state index in [0.29, 0.717) is 6.42 Å². The van der Waals surface area contributed by atoms with Crippen molar-refractivity contribution in [3.05, 3.63) is 35.9 Å². The molecule has 0 bridgehead atoms. The Morgan fingerprint density at radius 3 is 2.37 bits per heavy atom. The first kappa shape index (κ1) is 14.0. The number of rotatable bonds is 4. The third-order valence-corrected chi connectivity index (χ3v) is 4.37. The Hall–Kier alpha value is -1.37. The molecule has 19 heavy (non-hydrogen) atoms. The van der Waals surface area contributed by atoms with Crippen molar-refractivity contribution < 1.29 is 0 Å². The lowest BCUT2D eigenvalue weighted by atomic mass is 9.89. The van der Waals surface area contributed by atoms with Crippen LogP contribution >= 0.6 is 0 Å². The summed E-state index contributed by atoms with van der Waals surface area (Å²) in [5.74, 6) is 1.48. The second-order valence-electron chi connectivity index (χ2n) is 5.91. The lowest BCUT2D eigenvalue weighted by Crippen LogP contribution is -2.39. The lowest BCUT2D eigenvalue weighted by molar-refractivity contribution is 0.294. The number of hydrogen-bond donors (Lipinski definition) is 1. The van der Waals surface area contributed by atoms with E-state index in [9.17, 15) is 5.26 Å². The van der Waals surface area contributed by atoms with Crippen LogP contribution in [0.5, 0.6) is 0 Å². The minimum Gasteiger partial charge on any atom is -0.310 e. The first-order valence-electron chi connectivity index (χ1n) is 7.03. The number of nitrogens with two attached hydrogens (primary N) is 1. The normalized spacial score (nSPS) is 26.8. The number of nitrogens with zero attached hydrogens (tertiary/aromatic N) is 2. The van der Waals surface area contributed by atoms with E-state index in [0.717, 1.165) is 37.0 Å². The fourth-order valence-electron chi connectivity index (χ4n) is 2.77. The molecule has 1 aliphatic heterocycles. The summed E-state index contributed by atoms with van der Waals surface area (Å²) >= 11 is 0. The SMILES string of the molecule is CC1CN(CCC(N)(C#N)c2ccccc2)CC1C. The van der Waals surface area contributed by atoms with Gasteiger partial charge in [-0.25, -0.2) is 0 Å². The molecule has 1 heterocycles. The Bertz CT molecular complexity index is 441. The highest BCUT2D eigenvalue weighted by Gasteiger charge is 2.31. The van der Waals surface area contributed by atoms with Gasteiger partial charge in [0.15, 0.2) is 0 Å². The minimum absolute atomic E-state index is 0.687. The van der Waals surface area contributed by atoms with Crippen LogP contribution in [-0.4, -0.2) is 24.5 Å². The highest BCUT2D eigenvalue weighted by molar-refractivity contribution is 5.30. The summed E-state index contributed by atoms with van der Waals surface area (Å²) in [4.78, 5) is 2.43. The Morgan fingerprint density at radius 1 is 1.26 bits per heavy atom. The summed E-state index contributed by atoms with van der Waals surface area (Å²) in [6.07, 6.45) is 0.687. The van der Waals surface area contributed by atoms with Crippen LogP contribution in [-0.2, 0) is 5.54 Å². The molecule has 0 aromatic heterocycles. The second kappa shape index (κ2) is 5.73. The topological polar surface area (TPSA) is 53.0 Å². The Balaban J connectivity index is 1.99. The van der Waals surface area contributed by atoms with Crippen molar-refractivity contribution in [1.82, 2.24) is 4.90 Å². The molecule has 1 aromatic rings. The van der Waals surface area contributed by atoms with Crippen LogP contribution in [0.15, 0.2) is 30.3 Å². The largest absolute Gasteiger partial charge is 0.310 e. The molecular formula is C16H23N3. The monoisotopic (exact) mass is 257 g/mol. The average Bonchev–Trinajstić information content (AvgIpc) is 2.76. The third-order valence-electron chi connectivity index (χ3n) is 4.37. The Kier molecular flexibility index (Phi) is 4.24. The van der Waals surface area contributed by atoms with E-state index >= 15 is 0 Å². The van der Waals surface area contributed by atoms with Gasteiger partial charge < -0.3 is 10.6 Å². The van der Waals surface area contributed by atoms with E-state index in [1.807, 2.05) is 30.3 Å². The van der Waals surface area contributed by atoms with Gasteiger partial charge in [0.1, 0.15) is 5.54 Å². The van der Waals surface area contributed by atoms with Gasteiger partial charge in [0, 0.05) is 19.6 Å². The Labute approximate surface area is 116 Å². The molecule has 2 N–H and O–H groups in total. The molecule has 3 unspecified atom stereocenters. The van der Waals surface area contributed by atoms with E-state index in [1.54, 1.807) is 0 Å². The van der Waals surface area contributed by atoms with Crippen molar-refractivity contribution in [3.63, 3.8) is 0 Å². The van der Waals surface area contributed by atoms with Gasteiger partial charge in [0.25, 0.3) is 0 Å². The van der Waals surface area contributed by atoms with Gasteiger partial charge in [-0.15, -0.1) is 0 Å². The van der Waals surface area contributed by atoms with Crippen LogP contribution in [0.25, 0.3) is 0 Å². The van der Waals surface area contributed by atoms with Gasteiger partial charge in [-0.1, -0.05) is 44.2 Å². The van der Waals surface area contributed by atoms with Crippen molar-refractivity contribution in [2.24, 2.45) is 17.6 Å². The summed E-state index contributed by atoms with van der Waals surface area (Å²) < 4.78 is 0. The van der Waals surface area contributed by atoms with E-state index in [1.165, 1.54) is 0 Å². The van der Waals surface area contributed by atoms with E-state index < -0.39 is 5.54 Å². The summed E-state index contributed by atoms with van der Waals surface area (Å²) in [7, 11) is 0. The summed E-state index contributed by atoms with van der Waals surface area (Å²) in [5, 5.41) is 9.42. The second-order valence-corrected chi connectivity index (χ2v) is 5.91. The molecule has 1 saturated heterocycles. The highest BCUT2D eigenvalue weighted by atomic mass is 15.2. The first-order chi connectivity index (χ1) is 9.05. The summed E-state index contributed by atoms with van der Waals surface area (Å²) in [6, 6.07) is 12.0. The van der Waals surface area contributed by atoms with Crippen molar-refractivity contribution in [2.75, 3.05) is 19.6 Å². The van der Waals surface area contributed by atoms with Crippen LogP contribution < -0.4 is 5.73 Å². The average molecular weight is 257 g/mol. The molecule has 0 saturated carbocycles. The molecule has 3 heteroatoms. The quantitative estimate of drug-likeness (QED) is 0.900. The molecule has 102 valence electrons. The van der Waals surface area contributed by atoms with Gasteiger partial charge in [0.2, 0.25) is 0 Å². The van der Waals surface area contributed by atoms with Crippen LogP contribution in [0.4, 0.5) is 0 Å². The van der Waals surface area contributed by atoms with Crippen molar-refractivity contribution in [3.8, 4) is 6.07 Å². The predicted molar refractivity (Wildman–Crippen MR) is 77.3 cm³/mol. The van der Waals surface area contributed by atoms with Crippen LogP contribution in [0.1, 0.15) is 25.8 Å². The molecule has 0 spiro atoms. The molecule has 3 atom stereocenters. The molecule has 0 radical (unpaired) electrons.